The van der Waals surface area contributed by atoms with Crippen molar-refractivity contribution in [2.45, 2.75) is 12.8 Å². The zero-order valence-electron chi connectivity index (χ0n) is 12.4. The molecule has 2 aromatic rings. The Hall–Kier alpha value is -2.15. The maximum Gasteiger partial charge on any atom is 0.308 e. The molecule has 0 radical (unpaired) electrons. The lowest BCUT2D eigenvalue weighted by atomic mass is 9.98. The Balaban J connectivity index is 1.86. The maximum absolute atomic E-state index is 11.3. The lowest BCUT2D eigenvalue weighted by Crippen LogP contribution is -2.39. The Morgan fingerprint density at radius 2 is 2.09 bits per heavy atom. The number of rotatable bonds is 4. The van der Waals surface area contributed by atoms with Gasteiger partial charge in [0, 0.05) is 25.5 Å². The van der Waals surface area contributed by atoms with Crippen molar-refractivity contribution < 1.29 is 14.6 Å². The predicted molar refractivity (Wildman–Crippen MR) is 88.8 cm³/mol. The molecule has 0 aliphatic carbocycles. The number of carbonyl (C=O) groups is 1. The standard InChI is InChI=1S/C16H16BrN3O3/c17-12-5-1-2-6-13(12)23-15-14(18-7-8-19-15)20-9-3-4-11(10-20)16(21)22/h1-2,5-8,11H,3-4,9-10H2,(H,21,22). The largest absolute Gasteiger partial charge is 0.481 e. The zero-order chi connectivity index (χ0) is 16.2. The molecule has 1 aliphatic rings. The average Bonchev–Trinajstić information content (AvgIpc) is 2.57. The van der Waals surface area contributed by atoms with E-state index in [1.807, 2.05) is 29.2 Å². The molecule has 0 amide bonds. The number of para-hydroxylation sites is 1. The molecule has 1 fully saturated rings. The van der Waals surface area contributed by atoms with Gasteiger partial charge in [0.05, 0.1) is 10.4 Å². The van der Waals surface area contributed by atoms with Gasteiger partial charge < -0.3 is 14.7 Å². The van der Waals surface area contributed by atoms with Crippen LogP contribution in [-0.2, 0) is 4.79 Å². The van der Waals surface area contributed by atoms with E-state index in [0.717, 1.165) is 17.4 Å². The molecule has 1 atom stereocenters. The summed E-state index contributed by atoms with van der Waals surface area (Å²) in [5.41, 5.74) is 0. The van der Waals surface area contributed by atoms with Gasteiger partial charge in [0.1, 0.15) is 5.75 Å². The van der Waals surface area contributed by atoms with Crippen molar-refractivity contribution >= 4 is 27.7 Å². The van der Waals surface area contributed by atoms with Gasteiger partial charge in [-0.15, -0.1) is 0 Å². The summed E-state index contributed by atoms with van der Waals surface area (Å²) in [6.07, 6.45) is 4.65. The first kappa shape index (κ1) is 15.7. The number of hydrogen-bond acceptors (Lipinski definition) is 5. The van der Waals surface area contributed by atoms with Crippen molar-refractivity contribution in [3.05, 3.63) is 41.1 Å². The number of carboxylic acid groups (broad SMARTS) is 1. The summed E-state index contributed by atoms with van der Waals surface area (Å²) >= 11 is 3.44. The molecule has 120 valence electrons. The normalized spacial score (nSPS) is 17.8. The van der Waals surface area contributed by atoms with Gasteiger partial charge in [0.25, 0.3) is 5.88 Å². The van der Waals surface area contributed by atoms with Crippen LogP contribution in [0.2, 0.25) is 0 Å². The molecule has 1 unspecified atom stereocenters. The van der Waals surface area contributed by atoms with Crippen LogP contribution in [0.1, 0.15) is 12.8 Å². The van der Waals surface area contributed by atoms with E-state index in [9.17, 15) is 9.90 Å². The highest BCUT2D eigenvalue weighted by atomic mass is 79.9. The Morgan fingerprint density at radius 1 is 1.30 bits per heavy atom. The second-order valence-electron chi connectivity index (χ2n) is 5.34. The molecule has 1 saturated heterocycles. The second-order valence-corrected chi connectivity index (χ2v) is 6.20. The van der Waals surface area contributed by atoms with Crippen LogP contribution in [0.4, 0.5) is 5.82 Å². The highest BCUT2D eigenvalue weighted by Gasteiger charge is 2.28. The van der Waals surface area contributed by atoms with E-state index in [-0.39, 0.29) is 5.92 Å². The third-order valence-corrected chi connectivity index (χ3v) is 4.42. The number of benzene rings is 1. The van der Waals surface area contributed by atoms with Crippen molar-refractivity contribution in [2.24, 2.45) is 5.92 Å². The SMILES string of the molecule is O=C(O)C1CCCN(c2nccnc2Oc2ccccc2Br)C1. The molecule has 6 nitrogen and oxygen atoms in total. The van der Waals surface area contributed by atoms with Gasteiger partial charge in [-0.05, 0) is 40.9 Å². The zero-order valence-corrected chi connectivity index (χ0v) is 13.9. The average molecular weight is 378 g/mol. The van der Waals surface area contributed by atoms with Crippen molar-refractivity contribution in [3.8, 4) is 11.6 Å². The van der Waals surface area contributed by atoms with Crippen molar-refractivity contribution in [1.29, 1.82) is 0 Å². The number of carboxylic acids is 1. The third-order valence-electron chi connectivity index (χ3n) is 3.76. The van der Waals surface area contributed by atoms with Crippen LogP contribution in [0, 0.1) is 5.92 Å². The smallest absolute Gasteiger partial charge is 0.308 e. The molecule has 1 aliphatic heterocycles. The second kappa shape index (κ2) is 6.95. The van der Waals surface area contributed by atoms with Crippen molar-refractivity contribution in [2.75, 3.05) is 18.0 Å². The fourth-order valence-electron chi connectivity index (χ4n) is 2.61. The summed E-state index contributed by atoms with van der Waals surface area (Å²) in [4.78, 5) is 21.8. The molecule has 7 heteroatoms. The summed E-state index contributed by atoms with van der Waals surface area (Å²) in [7, 11) is 0. The van der Waals surface area contributed by atoms with Crippen molar-refractivity contribution in [3.63, 3.8) is 0 Å². The van der Waals surface area contributed by atoms with Crippen LogP contribution < -0.4 is 9.64 Å². The Kier molecular flexibility index (Phi) is 4.76. The molecule has 1 aromatic carbocycles. The lowest BCUT2D eigenvalue weighted by Gasteiger charge is -2.31. The topological polar surface area (TPSA) is 75.5 Å². The Bertz CT molecular complexity index is 710. The molecule has 0 bridgehead atoms. The minimum Gasteiger partial charge on any atom is -0.481 e. The van der Waals surface area contributed by atoms with Gasteiger partial charge in [0.15, 0.2) is 5.82 Å². The number of piperidine rings is 1. The first-order valence-electron chi connectivity index (χ1n) is 7.36. The number of aromatic nitrogens is 2. The molecule has 3 rings (SSSR count). The molecule has 2 heterocycles. The van der Waals surface area contributed by atoms with E-state index in [1.54, 1.807) is 12.4 Å². The van der Waals surface area contributed by atoms with Gasteiger partial charge in [-0.3, -0.25) is 4.79 Å². The Morgan fingerprint density at radius 3 is 2.87 bits per heavy atom. The van der Waals surface area contributed by atoms with Crippen molar-refractivity contribution in [1.82, 2.24) is 9.97 Å². The number of aliphatic carboxylic acids is 1. The highest BCUT2D eigenvalue weighted by molar-refractivity contribution is 9.10. The highest BCUT2D eigenvalue weighted by Crippen LogP contribution is 2.34. The molecule has 0 saturated carbocycles. The van der Waals surface area contributed by atoms with E-state index >= 15 is 0 Å². The molecule has 0 spiro atoms. The first-order valence-corrected chi connectivity index (χ1v) is 8.15. The Labute approximate surface area is 142 Å². The van der Waals surface area contributed by atoms with Crippen LogP contribution in [0.25, 0.3) is 0 Å². The summed E-state index contributed by atoms with van der Waals surface area (Å²) in [5, 5.41) is 9.24. The number of nitrogens with zero attached hydrogens (tertiary/aromatic N) is 3. The maximum atomic E-state index is 11.3. The minimum atomic E-state index is -0.771. The van der Waals surface area contributed by atoms with Gasteiger partial charge in [-0.25, -0.2) is 9.97 Å². The summed E-state index contributed by atoms with van der Waals surface area (Å²) in [5.74, 6) is 0.439. The van der Waals surface area contributed by atoms with E-state index in [2.05, 4.69) is 25.9 Å². The first-order chi connectivity index (χ1) is 11.1. The van der Waals surface area contributed by atoms with Crippen LogP contribution in [-0.4, -0.2) is 34.1 Å². The molecular weight excluding hydrogens is 362 g/mol. The van der Waals surface area contributed by atoms with E-state index in [1.165, 1.54) is 0 Å². The van der Waals surface area contributed by atoms with Crippen LogP contribution in [0.3, 0.4) is 0 Å². The predicted octanol–water partition coefficient (Wildman–Crippen LogP) is 3.33. The number of ether oxygens (including phenoxy) is 1. The fourth-order valence-corrected chi connectivity index (χ4v) is 2.98. The number of halogens is 1. The van der Waals surface area contributed by atoms with Crippen LogP contribution in [0.15, 0.2) is 41.1 Å². The summed E-state index contributed by atoms with van der Waals surface area (Å²) < 4.78 is 6.70. The molecule has 1 aromatic heterocycles. The van der Waals surface area contributed by atoms with E-state index in [0.29, 0.717) is 30.4 Å². The fraction of sp³-hybridized carbons (Fsp3) is 0.312. The van der Waals surface area contributed by atoms with Gasteiger partial charge in [-0.2, -0.15) is 0 Å². The monoisotopic (exact) mass is 377 g/mol. The minimum absolute atomic E-state index is 0.380. The van der Waals surface area contributed by atoms with Gasteiger partial charge in [-0.1, -0.05) is 12.1 Å². The van der Waals surface area contributed by atoms with Crippen LogP contribution >= 0.6 is 15.9 Å². The lowest BCUT2D eigenvalue weighted by molar-refractivity contribution is -0.141. The van der Waals surface area contributed by atoms with Crippen LogP contribution in [0.5, 0.6) is 11.6 Å². The van der Waals surface area contributed by atoms with E-state index in [4.69, 9.17) is 4.74 Å². The molecule has 23 heavy (non-hydrogen) atoms. The summed E-state index contributed by atoms with van der Waals surface area (Å²) in [6, 6.07) is 7.49. The number of hydrogen-bond donors (Lipinski definition) is 1. The molecule has 1 N–H and O–H groups in total. The third kappa shape index (κ3) is 3.61. The molecular formula is C16H16BrN3O3. The summed E-state index contributed by atoms with van der Waals surface area (Å²) in [6.45, 7) is 1.16. The van der Waals surface area contributed by atoms with E-state index < -0.39 is 5.97 Å². The van der Waals surface area contributed by atoms with Gasteiger partial charge in [0.2, 0.25) is 0 Å². The van der Waals surface area contributed by atoms with Gasteiger partial charge >= 0.3 is 5.97 Å². The quantitative estimate of drug-likeness (QED) is 0.880. The number of anilines is 1.